The molecule has 26 heavy (non-hydrogen) atoms. The molecule has 1 unspecified atom stereocenters. The van der Waals surface area contributed by atoms with E-state index in [1.54, 1.807) is 19.1 Å². The molecular formula is C21H19FN2O2. The maximum atomic E-state index is 13.6. The molecule has 1 saturated carbocycles. The van der Waals surface area contributed by atoms with Crippen LogP contribution in [-0.4, -0.2) is 10.9 Å². The topological polar surface area (TPSA) is 55.1 Å². The average molecular weight is 350 g/mol. The molecule has 0 saturated heterocycles. The van der Waals surface area contributed by atoms with Crippen LogP contribution < -0.4 is 5.32 Å². The molecule has 0 radical (unpaired) electrons. The van der Waals surface area contributed by atoms with E-state index in [4.69, 9.17) is 4.42 Å². The Morgan fingerprint density at radius 2 is 2.00 bits per heavy atom. The van der Waals surface area contributed by atoms with Crippen molar-refractivity contribution in [2.75, 3.05) is 0 Å². The normalized spacial score (nSPS) is 14.8. The summed E-state index contributed by atoms with van der Waals surface area (Å²) in [6, 6.07) is 14.3. The zero-order valence-corrected chi connectivity index (χ0v) is 14.4. The fourth-order valence-corrected chi connectivity index (χ4v) is 3.18. The molecule has 5 heteroatoms. The van der Waals surface area contributed by atoms with Crippen LogP contribution in [0.5, 0.6) is 0 Å². The van der Waals surface area contributed by atoms with Gasteiger partial charge in [0.1, 0.15) is 11.5 Å². The van der Waals surface area contributed by atoms with E-state index in [1.165, 1.54) is 12.5 Å². The number of aromatic nitrogens is 1. The van der Waals surface area contributed by atoms with Gasteiger partial charge in [0.05, 0.1) is 6.04 Å². The van der Waals surface area contributed by atoms with E-state index < -0.39 is 0 Å². The summed E-state index contributed by atoms with van der Waals surface area (Å²) in [5.41, 5.74) is 2.84. The van der Waals surface area contributed by atoms with E-state index >= 15 is 0 Å². The average Bonchev–Trinajstić information content (AvgIpc) is 3.38. The molecule has 0 spiro atoms. The van der Waals surface area contributed by atoms with Gasteiger partial charge in [-0.1, -0.05) is 42.5 Å². The van der Waals surface area contributed by atoms with Crippen LogP contribution in [0, 0.1) is 18.7 Å². The highest BCUT2D eigenvalue weighted by Crippen LogP contribution is 2.41. The Kier molecular flexibility index (Phi) is 4.29. The summed E-state index contributed by atoms with van der Waals surface area (Å²) >= 11 is 0. The highest BCUT2D eigenvalue weighted by Gasteiger charge is 2.35. The Hall–Kier alpha value is -2.95. The molecule has 4 nitrogen and oxygen atoms in total. The molecule has 2 aromatic carbocycles. The second kappa shape index (κ2) is 6.75. The lowest BCUT2D eigenvalue weighted by Gasteiger charge is -2.19. The van der Waals surface area contributed by atoms with Gasteiger partial charge in [0, 0.05) is 5.56 Å². The van der Waals surface area contributed by atoms with Gasteiger partial charge in [0.15, 0.2) is 6.39 Å². The summed E-state index contributed by atoms with van der Waals surface area (Å²) in [6.07, 6.45) is 3.37. The minimum atomic E-state index is -0.305. The van der Waals surface area contributed by atoms with Gasteiger partial charge >= 0.3 is 0 Å². The second-order valence-electron chi connectivity index (χ2n) is 6.69. The molecule has 4 rings (SSSR count). The molecule has 1 aromatic heterocycles. The van der Waals surface area contributed by atoms with Crippen LogP contribution in [0.2, 0.25) is 0 Å². The van der Waals surface area contributed by atoms with Crippen molar-refractivity contribution in [2.45, 2.75) is 25.8 Å². The van der Waals surface area contributed by atoms with E-state index in [0.29, 0.717) is 17.2 Å². The van der Waals surface area contributed by atoms with Crippen molar-refractivity contribution in [3.8, 4) is 11.3 Å². The van der Waals surface area contributed by atoms with E-state index in [9.17, 15) is 9.18 Å². The number of aryl methyl sites for hydroxylation is 1. The van der Waals surface area contributed by atoms with Crippen molar-refractivity contribution in [3.63, 3.8) is 0 Å². The van der Waals surface area contributed by atoms with Crippen LogP contribution in [0.15, 0.2) is 59.3 Å². The predicted molar refractivity (Wildman–Crippen MR) is 96.0 cm³/mol. The summed E-state index contributed by atoms with van der Waals surface area (Å²) in [7, 11) is 0. The number of nitrogens with one attached hydrogen (secondary N) is 1. The summed E-state index contributed by atoms with van der Waals surface area (Å²) in [5, 5.41) is 3.06. The second-order valence-corrected chi connectivity index (χ2v) is 6.69. The molecule has 1 atom stereocenters. The van der Waals surface area contributed by atoms with Crippen LogP contribution >= 0.6 is 0 Å². The molecule has 0 bridgehead atoms. The number of oxazole rings is 1. The first-order chi connectivity index (χ1) is 12.6. The van der Waals surface area contributed by atoms with Crippen LogP contribution in [0.25, 0.3) is 11.3 Å². The Labute approximate surface area is 151 Å². The summed E-state index contributed by atoms with van der Waals surface area (Å²) in [5.74, 6) is 0.0176. The fraction of sp³-hybridized carbons (Fsp3) is 0.238. The summed E-state index contributed by atoms with van der Waals surface area (Å²) in [6.45, 7) is 1.73. The third-order valence-corrected chi connectivity index (χ3v) is 4.74. The van der Waals surface area contributed by atoms with Crippen LogP contribution in [0.4, 0.5) is 4.39 Å². The lowest BCUT2D eigenvalue weighted by molar-refractivity contribution is 0.0904. The summed E-state index contributed by atoms with van der Waals surface area (Å²) in [4.78, 5) is 17.0. The van der Waals surface area contributed by atoms with E-state index in [2.05, 4.69) is 10.3 Å². The van der Waals surface area contributed by atoms with Gasteiger partial charge in [0.2, 0.25) is 5.76 Å². The Morgan fingerprint density at radius 1 is 1.23 bits per heavy atom. The first kappa shape index (κ1) is 16.5. The maximum Gasteiger partial charge on any atom is 0.289 e. The Balaban J connectivity index is 1.61. The molecule has 132 valence electrons. The fourth-order valence-electron chi connectivity index (χ4n) is 3.18. The smallest absolute Gasteiger partial charge is 0.289 e. The highest BCUT2D eigenvalue weighted by molar-refractivity contribution is 5.97. The minimum Gasteiger partial charge on any atom is -0.438 e. The molecule has 1 aliphatic rings. The number of hydrogen-bond acceptors (Lipinski definition) is 3. The molecular weight excluding hydrogens is 331 g/mol. The van der Waals surface area contributed by atoms with Crippen LogP contribution in [0.1, 0.15) is 40.6 Å². The third kappa shape index (κ3) is 3.25. The Bertz CT molecular complexity index is 932. The van der Waals surface area contributed by atoms with E-state index in [-0.39, 0.29) is 23.5 Å². The van der Waals surface area contributed by atoms with Gasteiger partial charge in [0.25, 0.3) is 5.91 Å². The van der Waals surface area contributed by atoms with Gasteiger partial charge in [-0.25, -0.2) is 9.37 Å². The number of carbonyl (C=O) groups is 1. The maximum absolute atomic E-state index is 13.6. The van der Waals surface area contributed by atoms with Gasteiger partial charge in [-0.15, -0.1) is 0 Å². The third-order valence-electron chi connectivity index (χ3n) is 4.74. The first-order valence-corrected chi connectivity index (χ1v) is 8.69. The zero-order chi connectivity index (χ0) is 18.1. The number of halogens is 1. The molecule has 3 aromatic rings. The number of benzene rings is 2. The quantitative estimate of drug-likeness (QED) is 0.727. The molecule has 0 aliphatic heterocycles. The van der Waals surface area contributed by atoms with Crippen molar-refractivity contribution >= 4 is 5.91 Å². The van der Waals surface area contributed by atoms with Gasteiger partial charge in [-0.2, -0.15) is 0 Å². The number of hydrogen-bond donors (Lipinski definition) is 1. The highest BCUT2D eigenvalue weighted by atomic mass is 19.1. The largest absolute Gasteiger partial charge is 0.438 e. The standard InChI is InChI=1S/C21H19FN2O2/c1-13-11-16(9-10-17(13)22)18(15-7-8-15)24-21(25)20-19(23-12-26-20)14-5-3-2-4-6-14/h2-6,9-12,15,18H,7-8H2,1H3,(H,24,25). The lowest BCUT2D eigenvalue weighted by atomic mass is 9.99. The molecule has 1 amide bonds. The first-order valence-electron chi connectivity index (χ1n) is 8.69. The monoisotopic (exact) mass is 350 g/mol. The van der Waals surface area contributed by atoms with E-state index in [1.807, 2.05) is 30.3 Å². The van der Waals surface area contributed by atoms with Crippen molar-refractivity contribution in [3.05, 3.63) is 77.6 Å². The van der Waals surface area contributed by atoms with Crippen molar-refractivity contribution in [2.24, 2.45) is 5.92 Å². The van der Waals surface area contributed by atoms with Gasteiger partial charge in [-0.3, -0.25) is 4.79 Å². The number of rotatable bonds is 5. The SMILES string of the molecule is Cc1cc(C(NC(=O)c2ocnc2-c2ccccc2)C2CC2)ccc1F. The van der Waals surface area contributed by atoms with Crippen molar-refractivity contribution in [1.29, 1.82) is 0 Å². The van der Waals surface area contributed by atoms with Crippen molar-refractivity contribution < 1.29 is 13.6 Å². The van der Waals surface area contributed by atoms with E-state index in [0.717, 1.165) is 24.0 Å². The number of nitrogens with zero attached hydrogens (tertiary/aromatic N) is 1. The van der Waals surface area contributed by atoms with Crippen LogP contribution in [0.3, 0.4) is 0 Å². The van der Waals surface area contributed by atoms with Gasteiger partial charge in [-0.05, 0) is 42.9 Å². The van der Waals surface area contributed by atoms with Crippen LogP contribution in [-0.2, 0) is 0 Å². The number of carbonyl (C=O) groups excluding carboxylic acids is 1. The number of amides is 1. The molecule has 1 N–H and O–H groups in total. The predicted octanol–water partition coefficient (Wildman–Crippen LogP) is 4.67. The minimum absolute atomic E-state index is 0.157. The Morgan fingerprint density at radius 3 is 2.69 bits per heavy atom. The summed E-state index contributed by atoms with van der Waals surface area (Å²) < 4.78 is 19.0. The van der Waals surface area contributed by atoms with Crippen molar-refractivity contribution in [1.82, 2.24) is 10.3 Å². The molecule has 1 fully saturated rings. The molecule has 1 aliphatic carbocycles. The van der Waals surface area contributed by atoms with Gasteiger partial charge < -0.3 is 9.73 Å². The zero-order valence-electron chi connectivity index (χ0n) is 14.4. The lowest BCUT2D eigenvalue weighted by Crippen LogP contribution is -2.30. The molecule has 1 heterocycles.